The van der Waals surface area contributed by atoms with E-state index in [9.17, 15) is 10.1 Å². The standard InChI is InChI=1S/C14H21N3O3S/c18-17(19)13-2-1-12(21-13)14(11-3-9-20-10-4-11)16-7-5-15-6-8-16/h1-2,11,14-15H,3-10H2/t14-/m0/s1. The molecule has 2 fully saturated rings. The highest BCUT2D eigenvalue weighted by Crippen LogP contribution is 2.40. The maximum Gasteiger partial charge on any atom is 0.324 e. The van der Waals surface area contributed by atoms with Gasteiger partial charge in [0, 0.05) is 56.4 Å². The van der Waals surface area contributed by atoms with Crippen LogP contribution in [-0.2, 0) is 4.74 Å². The van der Waals surface area contributed by atoms with Crippen molar-refractivity contribution in [2.45, 2.75) is 18.9 Å². The Morgan fingerprint density at radius 2 is 2.05 bits per heavy atom. The van der Waals surface area contributed by atoms with Gasteiger partial charge in [-0.25, -0.2) is 0 Å². The minimum Gasteiger partial charge on any atom is -0.381 e. The summed E-state index contributed by atoms with van der Waals surface area (Å²) in [5.41, 5.74) is 0. The second-order valence-corrected chi connectivity index (χ2v) is 6.71. The summed E-state index contributed by atoms with van der Waals surface area (Å²) in [5, 5.41) is 14.6. The molecule has 0 amide bonds. The van der Waals surface area contributed by atoms with Crippen LogP contribution >= 0.6 is 11.3 Å². The van der Waals surface area contributed by atoms with Crippen LogP contribution in [0.1, 0.15) is 23.8 Å². The molecule has 6 nitrogen and oxygen atoms in total. The van der Waals surface area contributed by atoms with Crippen molar-refractivity contribution < 1.29 is 9.66 Å². The van der Waals surface area contributed by atoms with Gasteiger partial charge in [0.1, 0.15) is 0 Å². The lowest BCUT2D eigenvalue weighted by Gasteiger charge is -2.40. The largest absolute Gasteiger partial charge is 0.381 e. The van der Waals surface area contributed by atoms with Crippen molar-refractivity contribution in [1.29, 1.82) is 0 Å². The van der Waals surface area contributed by atoms with Crippen LogP contribution in [0.25, 0.3) is 0 Å². The van der Waals surface area contributed by atoms with Crippen LogP contribution in [0.2, 0.25) is 0 Å². The van der Waals surface area contributed by atoms with E-state index in [1.165, 1.54) is 11.3 Å². The van der Waals surface area contributed by atoms with Crippen LogP contribution in [-0.4, -0.2) is 49.2 Å². The van der Waals surface area contributed by atoms with Crippen LogP contribution < -0.4 is 5.32 Å². The molecule has 0 aromatic carbocycles. The number of piperazine rings is 1. The SMILES string of the molecule is O=[N+]([O-])c1ccc([C@H](C2CCOCC2)N2CCNCC2)s1. The van der Waals surface area contributed by atoms with Gasteiger partial charge in [-0.05, 0) is 24.8 Å². The van der Waals surface area contributed by atoms with Crippen LogP contribution in [0.4, 0.5) is 5.00 Å². The van der Waals surface area contributed by atoms with E-state index in [2.05, 4.69) is 10.2 Å². The van der Waals surface area contributed by atoms with Crippen molar-refractivity contribution in [3.05, 3.63) is 27.1 Å². The molecular formula is C14H21N3O3S. The Kier molecular flexibility index (Phi) is 4.84. The number of nitrogens with zero attached hydrogens (tertiary/aromatic N) is 2. The highest BCUT2D eigenvalue weighted by Gasteiger charge is 2.33. The van der Waals surface area contributed by atoms with Gasteiger partial charge >= 0.3 is 5.00 Å². The molecule has 0 spiro atoms. The first-order chi connectivity index (χ1) is 10.3. The van der Waals surface area contributed by atoms with Crippen LogP contribution in [0.5, 0.6) is 0 Å². The molecule has 0 radical (unpaired) electrons. The Hall–Kier alpha value is -1.02. The lowest BCUT2D eigenvalue weighted by molar-refractivity contribution is -0.380. The molecule has 1 atom stereocenters. The summed E-state index contributed by atoms with van der Waals surface area (Å²) < 4.78 is 5.48. The maximum absolute atomic E-state index is 11.0. The van der Waals surface area contributed by atoms with Crippen molar-refractivity contribution in [3.63, 3.8) is 0 Å². The number of thiophene rings is 1. The monoisotopic (exact) mass is 311 g/mol. The van der Waals surface area contributed by atoms with Gasteiger partial charge < -0.3 is 10.1 Å². The first-order valence-electron chi connectivity index (χ1n) is 7.52. The van der Waals surface area contributed by atoms with Crippen molar-refractivity contribution in [2.24, 2.45) is 5.92 Å². The van der Waals surface area contributed by atoms with Gasteiger partial charge in [-0.15, -0.1) is 0 Å². The van der Waals surface area contributed by atoms with Crippen LogP contribution in [0.3, 0.4) is 0 Å². The molecule has 7 heteroatoms. The number of ether oxygens (including phenoxy) is 1. The van der Waals surface area contributed by atoms with Crippen molar-refractivity contribution in [3.8, 4) is 0 Å². The van der Waals surface area contributed by atoms with E-state index in [1.54, 1.807) is 6.07 Å². The number of nitro groups is 1. The molecule has 2 aliphatic rings. The molecule has 3 rings (SSSR count). The fourth-order valence-corrected chi connectivity index (χ4v) is 4.35. The molecule has 2 aliphatic heterocycles. The van der Waals surface area contributed by atoms with Gasteiger partial charge in [-0.2, -0.15) is 0 Å². The fraction of sp³-hybridized carbons (Fsp3) is 0.714. The van der Waals surface area contributed by atoms with Gasteiger partial charge in [0.05, 0.1) is 4.92 Å². The molecule has 1 aromatic heterocycles. The zero-order valence-electron chi connectivity index (χ0n) is 12.0. The molecule has 0 saturated carbocycles. The van der Waals surface area contributed by atoms with E-state index >= 15 is 0 Å². The molecule has 1 N–H and O–H groups in total. The average molecular weight is 311 g/mol. The summed E-state index contributed by atoms with van der Waals surface area (Å²) in [5.74, 6) is 0.537. The van der Waals surface area contributed by atoms with Gasteiger partial charge in [0.15, 0.2) is 0 Å². The second kappa shape index (κ2) is 6.83. The Morgan fingerprint density at radius 3 is 2.67 bits per heavy atom. The molecule has 0 aliphatic carbocycles. The maximum atomic E-state index is 11.0. The summed E-state index contributed by atoms with van der Waals surface area (Å²) in [6.45, 7) is 5.61. The Morgan fingerprint density at radius 1 is 1.33 bits per heavy atom. The second-order valence-electron chi connectivity index (χ2n) is 5.61. The lowest BCUT2D eigenvalue weighted by atomic mass is 9.89. The molecule has 2 saturated heterocycles. The van der Waals surface area contributed by atoms with Crippen molar-refractivity contribution >= 4 is 16.3 Å². The smallest absolute Gasteiger partial charge is 0.324 e. The average Bonchev–Trinajstić information content (AvgIpc) is 3.00. The highest BCUT2D eigenvalue weighted by molar-refractivity contribution is 7.15. The van der Waals surface area contributed by atoms with Gasteiger partial charge in [0.25, 0.3) is 0 Å². The summed E-state index contributed by atoms with van der Waals surface area (Å²) in [6, 6.07) is 3.90. The van der Waals surface area contributed by atoms with E-state index in [0.29, 0.717) is 12.0 Å². The fourth-order valence-electron chi connectivity index (χ4n) is 3.30. The third-order valence-corrected chi connectivity index (χ3v) is 5.45. The summed E-state index contributed by atoms with van der Waals surface area (Å²) in [7, 11) is 0. The summed E-state index contributed by atoms with van der Waals surface area (Å²) in [4.78, 5) is 14.3. The third-order valence-electron chi connectivity index (χ3n) is 4.34. The van der Waals surface area contributed by atoms with Gasteiger partial charge in [0.2, 0.25) is 0 Å². The van der Waals surface area contributed by atoms with Gasteiger partial charge in [-0.1, -0.05) is 11.3 Å². The summed E-state index contributed by atoms with van der Waals surface area (Å²) >= 11 is 1.33. The van der Waals surface area contributed by atoms with Crippen LogP contribution in [0.15, 0.2) is 12.1 Å². The summed E-state index contributed by atoms with van der Waals surface area (Å²) in [6.07, 6.45) is 2.08. The third kappa shape index (κ3) is 3.42. The molecule has 21 heavy (non-hydrogen) atoms. The Labute approximate surface area is 128 Å². The van der Waals surface area contributed by atoms with Crippen molar-refractivity contribution in [2.75, 3.05) is 39.4 Å². The minimum absolute atomic E-state index is 0.247. The highest BCUT2D eigenvalue weighted by atomic mass is 32.1. The van der Waals surface area contributed by atoms with E-state index in [0.717, 1.165) is 57.1 Å². The first-order valence-corrected chi connectivity index (χ1v) is 8.34. The lowest BCUT2D eigenvalue weighted by Crippen LogP contribution is -2.47. The van der Waals surface area contributed by atoms with E-state index in [1.807, 2.05) is 6.07 Å². The molecule has 116 valence electrons. The molecule has 0 bridgehead atoms. The normalized spacial score (nSPS) is 23.0. The minimum atomic E-state index is -0.285. The van der Waals surface area contributed by atoms with Crippen LogP contribution in [0, 0.1) is 16.0 Å². The predicted molar refractivity (Wildman–Crippen MR) is 81.7 cm³/mol. The van der Waals surface area contributed by atoms with E-state index in [-0.39, 0.29) is 9.92 Å². The first kappa shape index (κ1) is 14.9. The zero-order valence-corrected chi connectivity index (χ0v) is 12.8. The van der Waals surface area contributed by atoms with E-state index < -0.39 is 0 Å². The predicted octanol–water partition coefficient (Wildman–Crippen LogP) is 2.03. The van der Waals surface area contributed by atoms with Crippen molar-refractivity contribution in [1.82, 2.24) is 10.2 Å². The molecular weight excluding hydrogens is 290 g/mol. The molecule has 1 aromatic rings. The number of rotatable bonds is 4. The number of hydrogen-bond donors (Lipinski definition) is 1. The molecule has 3 heterocycles. The topological polar surface area (TPSA) is 67.6 Å². The quantitative estimate of drug-likeness (QED) is 0.681. The van der Waals surface area contributed by atoms with E-state index in [4.69, 9.17) is 4.74 Å². The zero-order chi connectivity index (χ0) is 14.7. The van der Waals surface area contributed by atoms with Gasteiger partial charge in [-0.3, -0.25) is 15.0 Å². The number of nitrogens with one attached hydrogen (secondary N) is 1. The Balaban J connectivity index is 1.84. The number of hydrogen-bond acceptors (Lipinski definition) is 6. The Bertz CT molecular complexity index is 464. The molecule has 0 unspecified atom stereocenters.